The highest BCUT2D eigenvalue weighted by Gasteiger charge is 2.20. The van der Waals surface area contributed by atoms with Gasteiger partial charge in [0.2, 0.25) is 10.0 Å². The summed E-state index contributed by atoms with van der Waals surface area (Å²) in [5, 5.41) is 0.319. The molecule has 0 radical (unpaired) electrons. The first-order chi connectivity index (χ1) is 10.5. The van der Waals surface area contributed by atoms with Crippen LogP contribution in [0.2, 0.25) is 0 Å². The SMILES string of the molecule is COc1c(F)cnc2c1ccn2S(=O)(=O)Cc1ccccc1. The maximum absolute atomic E-state index is 13.6. The summed E-state index contributed by atoms with van der Waals surface area (Å²) in [6.45, 7) is 0. The molecule has 0 unspecified atom stereocenters. The molecule has 22 heavy (non-hydrogen) atoms. The van der Waals surface area contributed by atoms with E-state index in [1.165, 1.54) is 19.4 Å². The van der Waals surface area contributed by atoms with Gasteiger partial charge >= 0.3 is 0 Å². The average Bonchev–Trinajstić information content (AvgIpc) is 2.92. The molecule has 114 valence electrons. The molecule has 0 aliphatic heterocycles. The maximum atomic E-state index is 13.6. The highest BCUT2D eigenvalue weighted by atomic mass is 32.2. The van der Waals surface area contributed by atoms with Crippen LogP contribution < -0.4 is 4.74 Å². The van der Waals surface area contributed by atoms with Crippen molar-refractivity contribution < 1.29 is 17.5 Å². The van der Waals surface area contributed by atoms with Crippen LogP contribution in [0.3, 0.4) is 0 Å². The number of rotatable bonds is 4. The van der Waals surface area contributed by atoms with Gasteiger partial charge in [0.25, 0.3) is 0 Å². The van der Waals surface area contributed by atoms with E-state index in [1.54, 1.807) is 24.3 Å². The molecule has 0 saturated heterocycles. The van der Waals surface area contributed by atoms with Gasteiger partial charge < -0.3 is 4.74 Å². The highest BCUT2D eigenvalue weighted by Crippen LogP contribution is 2.29. The van der Waals surface area contributed by atoms with Crippen LogP contribution in [-0.2, 0) is 15.8 Å². The number of pyridine rings is 1. The van der Waals surface area contributed by atoms with Gasteiger partial charge in [-0.1, -0.05) is 30.3 Å². The molecular formula is C15H13FN2O3S. The third kappa shape index (κ3) is 2.43. The minimum Gasteiger partial charge on any atom is -0.493 e. The quantitative estimate of drug-likeness (QED) is 0.741. The van der Waals surface area contributed by atoms with E-state index < -0.39 is 15.8 Å². The van der Waals surface area contributed by atoms with E-state index in [1.807, 2.05) is 6.07 Å². The second-order valence-corrected chi connectivity index (χ2v) is 6.58. The lowest BCUT2D eigenvalue weighted by Crippen LogP contribution is -2.14. The molecule has 0 N–H and O–H groups in total. The lowest BCUT2D eigenvalue weighted by Gasteiger charge is -2.08. The Labute approximate surface area is 127 Å². The molecule has 0 saturated carbocycles. The van der Waals surface area contributed by atoms with Gasteiger partial charge in [-0.2, -0.15) is 0 Å². The van der Waals surface area contributed by atoms with E-state index in [9.17, 15) is 12.8 Å². The highest BCUT2D eigenvalue weighted by molar-refractivity contribution is 7.89. The van der Waals surface area contributed by atoms with Crippen molar-refractivity contribution in [3.05, 3.63) is 60.2 Å². The second-order valence-electron chi connectivity index (χ2n) is 4.73. The molecule has 0 atom stereocenters. The Bertz CT molecular complexity index is 921. The summed E-state index contributed by atoms with van der Waals surface area (Å²) in [7, 11) is -2.33. The van der Waals surface area contributed by atoms with E-state index in [-0.39, 0.29) is 17.1 Å². The Morgan fingerprint density at radius 1 is 1.23 bits per heavy atom. The summed E-state index contributed by atoms with van der Waals surface area (Å²) in [4.78, 5) is 3.89. The molecule has 0 aliphatic rings. The molecule has 3 rings (SSSR count). The van der Waals surface area contributed by atoms with E-state index in [4.69, 9.17) is 4.74 Å². The number of methoxy groups -OCH3 is 1. The summed E-state index contributed by atoms with van der Waals surface area (Å²) in [6.07, 6.45) is 2.31. The maximum Gasteiger partial charge on any atom is 0.244 e. The fourth-order valence-electron chi connectivity index (χ4n) is 2.30. The zero-order valence-electron chi connectivity index (χ0n) is 11.7. The molecule has 0 bridgehead atoms. The largest absolute Gasteiger partial charge is 0.493 e. The zero-order chi connectivity index (χ0) is 15.7. The van der Waals surface area contributed by atoms with Crippen molar-refractivity contribution in [2.24, 2.45) is 0 Å². The second kappa shape index (κ2) is 5.42. The van der Waals surface area contributed by atoms with Gasteiger partial charge in [0.1, 0.15) is 0 Å². The monoisotopic (exact) mass is 320 g/mol. The number of aromatic nitrogens is 2. The number of fused-ring (bicyclic) bond motifs is 1. The predicted octanol–water partition coefficient (Wildman–Crippen LogP) is 2.56. The average molecular weight is 320 g/mol. The summed E-state index contributed by atoms with van der Waals surface area (Å²) in [6, 6.07) is 10.3. The lowest BCUT2D eigenvalue weighted by molar-refractivity contribution is 0.391. The molecule has 0 amide bonds. The molecule has 0 spiro atoms. The van der Waals surface area contributed by atoms with Crippen LogP contribution in [0.15, 0.2) is 48.8 Å². The Hall–Kier alpha value is -2.41. The van der Waals surface area contributed by atoms with Crippen LogP contribution in [0, 0.1) is 5.82 Å². The standard InChI is InChI=1S/C15H13FN2O3S/c1-21-14-12-7-8-18(15(12)17-9-13(14)16)22(19,20)10-11-5-3-2-4-6-11/h2-9H,10H2,1H3. The number of hydrogen-bond donors (Lipinski definition) is 0. The van der Waals surface area contributed by atoms with E-state index in [0.717, 1.165) is 10.2 Å². The molecule has 7 heteroatoms. The van der Waals surface area contributed by atoms with Crippen LogP contribution in [0.4, 0.5) is 4.39 Å². The van der Waals surface area contributed by atoms with E-state index >= 15 is 0 Å². The Morgan fingerprint density at radius 2 is 1.95 bits per heavy atom. The van der Waals surface area contributed by atoms with Crippen molar-refractivity contribution in [1.82, 2.24) is 8.96 Å². The molecule has 3 aromatic rings. The van der Waals surface area contributed by atoms with Gasteiger partial charge in [-0.15, -0.1) is 0 Å². The van der Waals surface area contributed by atoms with Crippen molar-refractivity contribution in [3.63, 3.8) is 0 Å². The summed E-state index contributed by atoms with van der Waals surface area (Å²) < 4.78 is 44.8. The molecule has 1 aromatic carbocycles. The third-order valence-corrected chi connectivity index (χ3v) is 4.88. The molecule has 0 aliphatic carbocycles. The molecule has 2 aromatic heterocycles. The Balaban J connectivity index is 2.10. The number of nitrogens with zero attached hydrogens (tertiary/aromatic N) is 2. The zero-order valence-corrected chi connectivity index (χ0v) is 12.5. The lowest BCUT2D eigenvalue weighted by atomic mass is 10.2. The smallest absolute Gasteiger partial charge is 0.244 e. The van der Waals surface area contributed by atoms with Crippen LogP contribution in [-0.4, -0.2) is 24.5 Å². The fourth-order valence-corrected chi connectivity index (χ4v) is 3.71. The van der Waals surface area contributed by atoms with Gasteiger partial charge in [0.05, 0.1) is 24.4 Å². The number of hydrogen-bond acceptors (Lipinski definition) is 4. The van der Waals surface area contributed by atoms with Crippen molar-refractivity contribution in [3.8, 4) is 5.75 Å². The van der Waals surface area contributed by atoms with Crippen LogP contribution >= 0.6 is 0 Å². The minimum atomic E-state index is -3.66. The number of ether oxygens (including phenoxy) is 1. The number of halogens is 1. The Morgan fingerprint density at radius 3 is 2.64 bits per heavy atom. The Kier molecular flexibility index (Phi) is 3.58. The van der Waals surface area contributed by atoms with Gasteiger partial charge in [0, 0.05) is 6.20 Å². The molecule has 5 nitrogen and oxygen atoms in total. The first-order valence-corrected chi connectivity index (χ1v) is 8.10. The van der Waals surface area contributed by atoms with Crippen LogP contribution in [0.1, 0.15) is 5.56 Å². The van der Waals surface area contributed by atoms with Gasteiger partial charge in [-0.05, 0) is 11.6 Å². The van der Waals surface area contributed by atoms with Crippen LogP contribution in [0.5, 0.6) is 5.75 Å². The topological polar surface area (TPSA) is 61.2 Å². The minimum absolute atomic E-state index is 0.0151. The number of benzene rings is 1. The summed E-state index contributed by atoms with van der Waals surface area (Å²) in [5.74, 6) is -0.814. The third-order valence-electron chi connectivity index (χ3n) is 3.28. The van der Waals surface area contributed by atoms with Crippen molar-refractivity contribution in [2.45, 2.75) is 5.75 Å². The molecule has 0 fully saturated rings. The van der Waals surface area contributed by atoms with Crippen molar-refractivity contribution in [2.75, 3.05) is 7.11 Å². The molecular weight excluding hydrogens is 307 g/mol. The first kappa shape index (κ1) is 14.5. The predicted molar refractivity (Wildman–Crippen MR) is 80.7 cm³/mol. The van der Waals surface area contributed by atoms with Gasteiger partial charge in [-0.3, -0.25) is 0 Å². The van der Waals surface area contributed by atoms with Crippen LogP contribution in [0.25, 0.3) is 11.0 Å². The summed E-state index contributed by atoms with van der Waals surface area (Å²) in [5.41, 5.74) is 0.813. The van der Waals surface area contributed by atoms with Gasteiger partial charge in [0.15, 0.2) is 17.2 Å². The normalized spacial score (nSPS) is 11.7. The van der Waals surface area contributed by atoms with E-state index in [0.29, 0.717) is 10.9 Å². The first-order valence-electron chi connectivity index (χ1n) is 6.49. The van der Waals surface area contributed by atoms with Gasteiger partial charge in [-0.25, -0.2) is 21.8 Å². The van der Waals surface area contributed by atoms with Crippen molar-refractivity contribution >= 4 is 21.1 Å². The van der Waals surface area contributed by atoms with Crippen molar-refractivity contribution in [1.29, 1.82) is 0 Å². The summed E-state index contributed by atoms with van der Waals surface area (Å²) >= 11 is 0. The fraction of sp³-hybridized carbons (Fsp3) is 0.133. The molecule has 2 heterocycles. The van der Waals surface area contributed by atoms with E-state index in [2.05, 4.69) is 4.98 Å².